The molecule has 0 aliphatic heterocycles. The number of carbonyl (C=O) groups excluding carboxylic acids is 4. The van der Waals surface area contributed by atoms with E-state index in [-0.39, 0.29) is 35.6 Å². The first-order valence-electron chi connectivity index (χ1n) is 16.2. The first kappa shape index (κ1) is 34.8. The molecule has 0 unspecified atom stereocenters. The van der Waals surface area contributed by atoms with Gasteiger partial charge in [-0.05, 0) is 95.4 Å². The van der Waals surface area contributed by atoms with Crippen molar-refractivity contribution < 1.29 is 39.6 Å². The first-order valence-corrected chi connectivity index (χ1v) is 16.2. The van der Waals surface area contributed by atoms with Crippen molar-refractivity contribution in [3.8, 4) is 16.9 Å². The van der Waals surface area contributed by atoms with Crippen LogP contribution in [0.1, 0.15) is 60.4 Å². The number of nitrogens with two attached hydrogens (primary N) is 1. The lowest BCUT2D eigenvalue weighted by Crippen LogP contribution is -2.63. The van der Waals surface area contributed by atoms with Gasteiger partial charge in [-0.3, -0.25) is 29.0 Å². The Morgan fingerprint density at radius 2 is 1.71 bits per heavy atom. The standard InChI is InChI=1S/C36H44N4O8/c1-17(2)40(18(3)4)13-12-38-35(47)20-9-7-8-19(14-20)22-10-11-25(41)27-23(22)15-21-16-24-29(39(5)6)31(43)28(34(37)46)33(45)36(24,48)32(44)26(21)30(27)42/h7-11,14,17-18,21,24,29,41,43-44,48H,12-13,15-16H2,1-6H3,(H2,37,46)(H,38,47)/t21-,24-,29-,36-/m0/s1. The number of amides is 2. The number of nitrogens with one attached hydrogen (secondary N) is 1. The molecule has 48 heavy (non-hydrogen) atoms. The average Bonchev–Trinajstić information content (AvgIpc) is 3.00. The largest absolute Gasteiger partial charge is 0.510 e. The molecule has 5 rings (SSSR count). The highest BCUT2D eigenvalue weighted by Gasteiger charge is 2.63. The summed E-state index contributed by atoms with van der Waals surface area (Å²) in [6.07, 6.45) is 0.113. The number of rotatable bonds is 9. The summed E-state index contributed by atoms with van der Waals surface area (Å²) in [6, 6.07) is 9.53. The van der Waals surface area contributed by atoms with Gasteiger partial charge in [-0.25, -0.2) is 0 Å². The quantitative estimate of drug-likeness (QED) is 0.218. The zero-order valence-electron chi connectivity index (χ0n) is 28.1. The number of carbonyl (C=O) groups is 4. The molecule has 256 valence electrons. The Hall–Kier alpha value is -4.52. The van der Waals surface area contributed by atoms with Crippen LogP contribution in [0.25, 0.3) is 11.1 Å². The van der Waals surface area contributed by atoms with Gasteiger partial charge in [0.15, 0.2) is 11.4 Å². The molecule has 7 N–H and O–H groups in total. The maximum atomic E-state index is 14.1. The van der Waals surface area contributed by atoms with Gasteiger partial charge in [0.1, 0.15) is 22.8 Å². The van der Waals surface area contributed by atoms with Gasteiger partial charge in [-0.15, -0.1) is 0 Å². The Labute approximate surface area is 279 Å². The van der Waals surface area contributed by atoms with Crippen molar-refractivity contribution >= 4 is 23.4 Å². The van der Waals surface area contributed by atoms with Gasteiger partial charge in [0.25, 0.3) is 11.8 Å². The fourth-order valence-electron chi connectivity index (χ4n) is 7.86. The predicted molar refractivity (Wildman–Crippen MR) is 178 cm³/mol. The summed E-state index contributed by atoms with van der Waals surface area (Å²) in [7, 11) is 3.16. The Bertz CT molecular complexity index is 1750. The SMILES string of the molecule is CC(C)N(CCNC(=O)c1cccc(-c2ccc(O)c3c2C[C@H]2C[C@H]4[C@H](N(C)C)C(O)=C(C(N)=O)C(=O)[C@@]4(O)C(O)=C2C3=O)c1)C(C)C. The second kappa shape index (κ2) is 12.8. The molecule has 0 fully saturated rings. The minimum Gasteiger partial charge on any atom is -0.510 e. The van der Waals surface area contributed by atoms with Crippen molar-refractivity contribution in [3.05, 3.63) is 75.8 Å². The molecule has 4 atom stereocenters. The second-order valence-corrected chi connectivity index (χ2v) is 13.7. The van der Waals surface area contributed by atoms with E-state index in [0.717, 1.165) is 0 Å². The number of benzene rings is 2. The van der Waals surface area contributed by atoms with E-state index in [1.54, 1.807) is 44.4 Å². The van der Waals surface area contributed by atoms with Crippen molar-refractivity contribution in [3.63, 3.8) is 0 Å². The zero-order chi connectivity index (χ0) is 35.4. The monoisotopic (exact) mass is 660 g/mol. The molecule has 0 radical (unpaired) electrons. The van der Waals surface area contributed by atoms with Gasteiger partial charge in [-0.2, -0.15) is 0 Å². The molecule has 2 amide bonds. The molecule has 0 heterocycles. The number of hydrogen-bond acceptors (Lipinski definition) is 10. The number of aromatic hydroxyl groups is 1. The predicted octanol–water partition coefficient (Wildman–Crippen LogP) is 2.64. The summed E-state index contributed by atoms with van der Waals surface area (Å²) in [5.74, 6) is -7.32. The number of phenols is 1. The number of aliphatic hydroxyl groups excluding tert-OH is 2. The highest BCUT2D eigenvalue weighted by molar-refractivity contribution is 6.25. The van der Waals surface area contributed by atoms with Gasteiger partial charge >= 0.3 is 0 Å². The number of allylic oxidation sites excluding steroid dienone is 1. The summed E-state index contributed by atoms with van der Waals surface area (Å²) in [5, 5.41) is 48.3. The van der Waals surface area contributed by atoms with Crippen LogP contribution < -0.4 is 11.1 Å². The Morgan fingerprint density at radius 3 is 2.31 bits per heavy atom. The van der Waals surface area contributed by atoms with E-state index < -0.39 is 58.0 Å². The van der Waals surface area contributed by atoms with Crippen molar-refractivity contribution in [2.75, 3.05) is 27.2 Å². The van der Waals surface area contributed by atoms with Crippen LogP contribution in [0.4, 0.5) is 0 Å². The van der Waals surface area contributed by atoms with Crippen LogP contribution in [-0.2, 0) is 16.0 Å². The molecule has 0 saturated carbocycles. The van der Waals surface area contributed by atoms with E-state index in [2.05, 4.69) is 37.9 Å². The Morgan fingerprint density at radius 1 is 1.04 bits per heavy atom. The third-order valence-corrected chi connectivity index (χ3v) is 10.0. The van der Waals surface area contributed by atoms with E-state index in [4.69, 9.17) is 5.73 Å². The maximum Gasteiger partial charge on any atom is 0.255 e. The lowest BCUT2D eigenvalue weighted by atomic mass is 9.58. The van der Waals surface area contributed by atoms with Gasteiger partial charge in [-0.1, -0.05) is 18.2 Å². The average molecular weight is 661 g/mol. The highest BCUT2D eigenvalue weighted by atomic mass is 16.3. The molecule has 2 aromatic rings. The topological polar surface area (TPSA) is 194 Å². The molecule has 0 spiro atoms. The normalized spacial score (nSPS) is 23.9. The summed E-state index contributed by atoms with van der Waals surface area (Å²) in [5.41, 5.74) is 3.65. The molecule has 2 aromatic carbocycles. The Balaban J connectivity index is 1.53. The van der Waals surface area contributed by atoms with Gasteiger partial charge in [0, 0.05) is 42.2 Å². The highest BCUT2D eigenvalue weighted by Crippen LogP contribution is 2.53. The number of Topliss-reactive ketones (excluding diaryl/α,β-unsaturated/α-hetero) is 2. The van der Waals surface area contributed by atoms with Crippen LogP contribution in [0.15, 0.2) is 59.1 Å². The number of phenolic OH excluding ortho intramolecular Hbond substituents is 1. The molecule has 12 heteroatoms. The van der Waals surface area contributed by atoms with Gasteiger partial charge in [0.05, 0.1) is 11.6 Å². The van der Waals surface area contributed by atoms with Crippen LogP contribution in [-0.4, -0.2) is 105 Å². The van der Waals surface area contributed by atoms with Crippen LogP contribution in [0.3, 0.4) is 0 Å². The summed E-state index contributed by atoms with van der Waals surface area (Å²) < 4.78 is 0. The molecule has 3 aliphatic rings. The molecule has 12 nitrogen and oxygen atoms in total. The fourth-order valence-corrected chi connectivity index (χ4v) is 7.86. The van der Waals surface area contributed by atoms with E-state index in [1.807, 2.05) is 0 Å². The molecule has 0 bridgehead atoms. The third-order valence-electron chi connectivity index (χ3n) is 10.0. The fraction of sp³-hybridized carbons (Fsp3) is 0.444. The van der Waals surface area contributed by atoms with Gasteiger partial charge in [0.2, 0.25) is 5.78 Å². The number of aliphatic hydroxyl groups is 3. The number of primary amides is 1. The van der Waals surface area contributed by atoms with E-state index in [0.29, 0.717) is 47.4 Å². The van der Waals surface area contributed by atoms with E-state index in [1.165, 1.54) is 11.0 Å². The minimum atomic E-state index is -2.71. The second-order valence-electron chi connectivity index (χ2n) is 13.7. The molecule has 3 aliphatic carbocycles. The Kier molecular flexibility index (Phi) is 9.30. The van der Waals surface area contributed by atoms with Crippen LogP contribution in [0.5, 0.6) is 5.75 Å². The maximum absolute atomic E-state index is 14.1. The molecule has 0 saturated heterocycles. The van der Waals surface area contributed by atoms with Crippen molar-refractivity contribution in [2.45, 2.75) is 64.3 Å². The van der Waals surface area contributed by atoms with Crippen LogP contribution in [0, 0.1) is 11.8 Å². The molecular weight excluding hydrogens is 616 g/mol. The van der Waals surface area contributed by atoms with E-state index in [9.17, 15) is 39.6 Å². The summed E-state index contributed by atoms with van der Waals surface area (Å²) >= 11 is 0. The number of hydrogen-bond donors (Lipinski definition) is 6. The van der Waals surface area contributed by atoms with Gasteiger partial charge < -0.3 is 31.5 Å². The van der Waals surface area contributed by atoms with Crippen molar-refractivity contribution in [1.29, 1.82) is 0 Å². The minimum absolute atomic E-state index is 0.0208. The molecular formula is C36H44N4O8. The number of likely N-dealkylation sites (N-methyl/N-ethyl adjacent to an activating group) is 1. The lowest BCUT2D eigenvalue weighted by molar-refractivity contribution is -0.148. The zero-order valence-corrected chi connectivity index (χ0v) is 28.1. The van der Waals surface area contributed by atoms with Crippen molar-refractivity contribution in [1.82, 2.24) is 15.1 Å². The molecule has 0 aromatic heterocycles. The van der Waals surface area contributed by atoms with Crippen LogP contribution >= 0.6 is 0 Å². The lowest BCUT2D eigenvalue weighted by Gasteiger charge is -2.50. The number of ketones is 2. The number of nitrogens with zero attached hydrogens (tertiary/aromatic N) is 2. The first-order chi connectivity index (χ1) is 22.5. The number of fused-ring (bicyclic) bond motifs is 3. The van der Waals surface area contributed by atoms with E-state index >= 15 is 0 Å². The summed E-state index contributed by atoms with van der Waals surface area (Å²) in [4.78, 5) is 56.8. The van der Waals surface area contributed by atoms with Crippen molar-refractivity contribution in [2.24, 2.45) is 17.6 Å². The smallest absolute Gasteiger partial charge is 0.255 e. The third kappa shape index (κ3) is 5.57. The van der Waals surface area contributed by atoms with Crippen LogP contribution in [0.2, 0.25) is 0 Å². The summed E-state index contributed by atoms with van der Waals surface area (Å²) in [6.45, 7) is 9.58.